The monoisotopic (exact) mass is 356 g/mol. The van der Waals surface area contributed by atoms with Crippen LogP contribution in [-0.2, 0) is 18.9 Å². The lowest BCUT2D eigenvalue weighted by Crippen LogP contribution is -2.64. The van der Waals surface area contributed by atoms with Crippen LogP contribution in [0.15, 0.2) is 0 Å². The Labute approximate surface area is 137 Å². The van der Waals surface area contributed by atoms with Gasteiger partial charge in [0.25, 0.3) is 0 Å². The molecule has 7 N–H and O–H groups in total. The number of methoxy groups -OCH3 is 1. The summed E-state index contributed by atoms with van der Waals surface area (Å²) in [5.41, 5.74) is 0. The first-order chi connectivity index (χ1) is 11.3. The van der Waals surface area contributed by atoms with E-state index in [1.807, 2.05) is 0 Å². The Kier molecular flexibility index (Phi) is 6.87. The first-order valence-corrected chi connectivity index (χ1v) is 7.46. The minimum Gasteiger partial charge on any atom is -0.394 e. The fraction of sp³-hybridized carbons (Fsp3) is 1.00. The Morgan fingerprint density at radius 1 is 0.708 bits per heavy atom. The van der Waals surface area contributed by atoms with Crippen LogP contribution >= 0.6 is 0 Å². The molecular formula is C13H24O11. The highest BCUT2D eigenvalue weighted by Gasteiger charge is 2.50. The van der Waals surface area contributed by atoms with Crippen LogP contribution in [0.5, 0.6) is 0 Å². The van der Waals surface area contributed by atoms with Crippen LogP contribution in [0.1, 0.15) is 0 Å². The molecule has 0 aromatic heterocycles. The third kappa shape index (κ3) is 3.71. The van der Waals surface area contributed by atoms with Crippen LogP contribution < -0.4 is 0 Å². The molecule has 0 spiro atoms. The van der Waals surface area contributed by atoms with Crippen molar-refractivity contribution in [3.05, 3.63) is 0 Å². The van der Waals surface area contributed by atoms with Crippen LogP contribution in [0.3, 0.4) is 0 Å². The summed E-state index contributed by atoms with van der Waals surface area (Å²) in [6, 6.07) is 0. The molecular weight excluding hydrogens is 332 g/mol. The molecule has 4 unspecified atom stereocenters. The molecule has 2 fully saturated rings. The van der Waals surface area contributed by atoms with E-state index < -0.39 is 74.6 Å². The highest BCUT2D eigenvalue weighted by molar-refractivity contribution is 4.93. The van der Waals surface area contributed by atoms with Crippen molar-refractivity contribution in [1.82, 2.24) is 0 Å². The third-order valence-corrected chi connectivity index (χ3v) is 4.20. The molecule has 0 aromatic carbocycles. The Morgan fingerprint density at radius 2 is 1.21 bits per heavy atom. The van der Waals surface area contributed by atoms with Gasteiger partial charge < -0.3 is 54.7 Å². The summed E-state index contributed by atoms with van der Waals surface area (Å²) in [5, 5.41) is 67.8. The molecule has 0 amide bonds. The Balaban J connectivity index is 2.12. The molecule has 2 aliphatic heterocycles. The van der Waals surface area contributed by atoms with E-state index in [1.54, 1.807) is 0 Å². The van der Waals surface area contributed by atoms with Gasteiger partial charge in [0, 0.05) is 7.11 Å². The summed E-state index contributed by atoms with van der Waals surface area (Å²) >= 11 is 0. The minimum atomic E-state index is -1.68. The maximum atomic E-state index is 10.2. The van der Waals surface area contributed by atoms with Crippen LogP contribution in [0.2, 0.25) is 0 Å². The lowest BCUT2D eigenvalue weighted by atomic mass is 9.97. The smallest absolute Gasteiger partial charge is 0.187 e. The molecule has 10 atom stereocenters. The number of ether oxygens (including phenoxy) is 4. The standard InChI is InChI=1S/C13H24O11/c1-21-13-11(9(19)7(17)5(3-15)23-13)24-12-10(20)8(18)6(16)4(2-14)22-12/h4-20H,2-3H2,1H3/t4?,5?,6-,7-,8-,9-,10?,11?,12-,13+/m0/s1. The molecule has 0 saturated carbocycles. The predicted octanol–water partition coefficient (Wildman–Crippen LogP) is -4.74. The molecule has 2 saturated heterocycles. The fourth-order valence-electron chi connectivity index (χ4n) is 2.73. The van der Waals surface area contributed by atoms with Crippen molar-refractivity contribution in [2.24, 2.45) is 0 Å². The van der Waals surface area contributed by atoms with Gasteiger partial charge in [0.1, 0.15) is 48.8 Å². The number of aliphatic hydroxyl groups is 7. The van der Waals surface area contributed by atoms with Gasteiger partial charge in [-0.15, -0.1) is 0 Å². The number of hydrogen-bond acceptors (Lipinski definition) is 11. The average Bonchev–Trinajstić information content (AvgIpc) is 2.59. The number of aliphatic hydroxyl groups excluding tert-OH is 7. The van der Waals surface area contributed by atoms with Crippen molar-refractivity contribution >= 4 is 0 Å². The summed E-state index contributed by atoms with van der Waals surface area (Å²) in [6.45, 7) is -1.21. The molecule has 0 bridgehead atoms. The maximum absolute atomic E-state index is 10.2. The van der Waals surface area contributed by atoms with Crippen molar-refractivity contribution < 1.29 is 54.7 Å². The lowest BCUT2D eigenvalue weighted by Gasteiger charge is -2.45. The maximum Gasteiger partial charge on any atom is 0.187 e. The van der Waals surface area contributed by atoms with Crippen molar-refractivity contribution in [3.63, 3.8) is 0 Å². The van der Waals surface area contributed by atoms with Gasteiger partial charge in [-0.3, -0.25) is 0 Å². The molecule has 2 rings (SSSR count). The molecule has 142 valence electrons. The topological polar surface area (TPSA) is 179 Å². The summed E-state index contributed by atoms with van der Waals surface area (Å²) in [7, 11) is 1.24. The lowest BCUT2D eigenvalue weighted by molar-refractivity contribution is -0.364. The molecule has 11 heteroatoms. The highest BCUT2D eigenvalue weighted by Crippen LogP contribution is 2.29. The van der Waals surface area contributed by atoms with E-state index in [0.717, 1.165) is 0 Å². The molecule has 11 nitrogen and oxygen atoms in total. The van der Waals surface area contributed by atoms with Crippen LogP contribution in [0, 0.1) is 0 Å². The molecule has 24 heavy (non-hydrogen) atoms. The summed E-state index contributed by atoms with van der Waals surface area (Å²) in [4.78, 5) is 0. The summed E-state index contributed by atoms with van der Waals surface area (Å²) in [5.74, 6) is 0. The number of hydrogen-bond donors (Lipinski definition) is 7. The normalized spacial score (nSPS) is 50.0. The van der Waals surface area contributed by atoms with Crippen LogP contribution in [0.4, 0.5) is 0 Å². The summed E-state index contributed by atoms with van der Waals surface area (Å²) < 4.78 is 20.8. The molecule has 2 aliphatic rings. The third-order valence-electron chi connectivity index (χ3n) is 4.20. The second-order valence-corrected chi connectivity index (χ2v) is 5.74. The van der Waals surface area contributed by atoms with E-state index in [0.29, 0.717) is 0 Å². The Hall–Kier alpha value is -0.440. The van der Waals surface area contributed by atoms with E-state index in [9.17, 15) is 25.5 Å². The van der Waals surface area contributed by atoms with Crippen LogP contribution in [0.25, 0.3) is 0 Å². The van der Waals surface area contributed by atoms with Crippen molar-refractivity contribution in [1.29, 1.82) is 0 Å². The zero-order valence-electron chi connectivity index (χ0n) is 13.0. The second-order valence-electron chi connectivity index (χ2n) is 5.74. The summed E-state index contributed by atoms with van der Waals surface area (Å²) in [6.07, 6.45) is -14.3. The quantitative estimate of drug-likeness (QED) is 0.251. The molecule has 2 heterocycles. The van der Waals surface area contributed by atoms with Gasteiger partial charge in [0.05, 0.1) is 13.2 Å². The first kappa shape index (κ1) is 19.9. The molecule has 0 aliphatic carbocycles. The van der Waals surface area contributed by atoms with E-state index in [1.165, 1.54) is 7.11 Å². The van der Waals surface area contributed by atoms with Crippen molar-refractivity contribution in [2.75, 3.05) is 20.3 Å². The largest absolute Gasteiger partial charge is 0.394 e. The molecule has 0 aromatic rings. The van der Waals surface area contributed by atoms with Crippen molar-refractivity contribution in [3.8, 4) is 0 Å². The average molecular weight is 356 g/mol. The van der Waals surface area contributed by atoms with E-state index >= 15 is 0 Å². The van der Waals surface area contributed by atoms with E-state index in [4.69, 9.17) is 29.2 Å². The van der Waals surface area contributed by atoms with Gasteiger partial charge in [-0.1, -0.05) is 0 Å². The van der Waals surface area contributed by atoms with Gasteiger partial charge in [-0.05, 0) is 0 Å². The van der Waals surface area contributed by atoms with E-state index in [-0.39, 0.29) is 0 Å². The fourth-order valence-corrected chi connectivity index (χ4v) is 2.73. The Morgan fingerprint density at radius 3 is 1.71 bits per heavy atom. The zero-order valence-corrected chi connectivity index (χ0v) is 13.0. The van der Waals surface area contributed by atoms with Gasteiger partial charge in [0.2, 0.25) is 0 Å². The predicted molar refractivity (Wildman–Crippen MR) is 73.4 cm³/mol. The SMILES string of the molecule is CO[C@@H]1OC(CO)[C@H](O)[C@H](O)C1O[C@@H]1OC(CO)[C@H](O)[C@H](O)C1O. The Bertz CT molecular complexity index is 392. The van der Waals surface area contributed by atoms with Gasteiger partial charge in [0.15, 0.2) is 12.6 Å². The van der Waals surface area contributed by atoms with Gasteiger partial charge >= 0.3 is 0 Å². The van der Waals surface area contributed by atoms with Crippen LogP contribution in [-0.4, -0.2) is 117 Å². The van der Waals surface area contributed by atoms with Gasteiger partial charge in [-0.2, -0.15) is 0 Å². The number of rotatable bonds is 5. The van der Waals surface area contributed by atoms with Crippen molar-refractivity contribution in [2.45, 2.75) is 61.4 Å². The zero-order chi connectivity index (χ0) is 18.0. The minimum absolute atomic E-state index is 0.565. The van der Waals surface area contributed by atoms with Gasteiger partial charge in [-0.25, -0.2) is 0 Å². The second kappa shape index (κ2) is 8.29. The first-order valence-electron chi connectivity index (χ1n) is 7.46. The highest BCUT2D eigenvalue weighted by atomic mass is 16.8. The van der Waals surface area contributed by atoms with E-state index in [2.05, 4.69) is 0 Å². The molecule has 0 radical (unpaired) electrons.